The third kappa shape index (κ3) is 2.95. The van der Waals surface area contributed by atoms with Crippen LogP contribution in [0.5, 0.6) is 17.2 Å². The number of hydrogen-bond acceptors (Lipinski definition) is 6. The predicted molar refractivity (Wildman–Crippen MR) is 98.4 cm³/mol. The van der Waals surface area contributed by atoms with Crippen molar-refractivity contribution in [2.24, 2.45) is 0 Å². The number of phenolic OH excluding ortho intramolecular Hbond substituents is 2. The van der Waals surface area contributed by atoms with Crippen LogP contribution in [0.1, 0.15) is 5.56 Å². The van der Waals surface area contributed by atoms with E-state index in [9.17, 15) is 15.0 Å². The van der Waals surface area contributed by atoms with Gasteiger partial charge in [0.2, 0.25) is 0 Å². The molecule has 0 aliphatic carbocycles. The van der Waals surface area contributed by atoms with Crippen molar-refractivity contribution in [2.75, 3.05) is 12.0 Å². The van der Waals surface area contributed by atoms with E-state index in [1.165, 1.54) is 24.1 Å². The highest BCUT2D eigenvalue weighted by molar-refractivity contribution is 8.27. The zero-order valence-corrected chi connectivity index (χ0v) is 14.2. The largest absolute Gasteiger partial charge is 0.506 e. The Hall–Kier alpha value is -2.51. The number of methoxy groups -OCH3 is 1. The van der Waals surface area contributed by atoms with Gasteiger partial charge in [0.15, 0.2) is 15.8 Å². The first-order chi connectivity index (χ1) is 11.5. The average Bonchev–Trinajstić information content (AvgIpc) is 2.84. The Morgan fingerprint density at radius 3 is 2.62 bits per heavy atom. The van der Waals surface area contributed by atoms with E-state index in [-0.39, 0.29) is 17.4 Å². The molecule has 2 aromatic rings. The number of amides is 1. The monoisotopic (exact) mass is 359 g/mol. The molecule has 1 saturated heterocycles. The fourth-order valence-corrected chi connectivity index (χ4v) is 3.55. The zero-order chi connectivity index (χ0) is 17.3. The third-order valence-electron chi connectivity index (χ3n) is 3.42. The van der Waals surface area contributed by atoms with Gasteiger partial charge in [-0.2, -0.15) is 0 Å². The fourth-order valence-electron chi connectivity index (χ4n) is 2.26. The Labute approximate surface area is 148 Å². The highest BCUT2D eigenvalue weighted by Gasteiger charge is 2.34. The summed E-state index contributed by atoms with van der Waals surface area (Å²) in [4.78, 5) is 14.4. The van der Waals surface area contributed by atoms with Crippen LogP contribution in [0.3, 0.4) is 0 Å². The quantitative estimate of drug-likeness (QED) is 0.646. The minimum absolute atomic E-state index is 0.0126. The van der Waals surface area contributed by atoms with Gasteiger partial charge in [-0.25, -0.2) is 0 Å². The van der Waals surface area contributed by atoms with Crippen LogP contribution in [0, 0.1) is 0 Å². The van der Waals surface area contributed by atoms with Gasteiger partial charge < -0.3 is 14.9 Å². The Morgan fingerprint density at radius 1 is 1.17 bits per heavy atom. The van der Waals surface area contributed by atoms with Crippen LogP contribution in [0.2, 0.25) is 0 Å². The molecule has 3 rings (SSSR count). The summed E-state index contributed by atoms with van der Waals surface area (Å²) in [6, 6.07) is 11.3. The second kappa shape index (κ2) is 6.54. The van der Waals surface area contributed by atoms with Gasteiger partial charge in [-0.3, -0.25) is 9.69 Å². The molecule has 0 aromatic heterocycles. The summed E-state index contributed by atoms with van der Waals surface area (Å²) in [5, 5.41) is 19.6. The maximum atomic E-state index is 12.7. The van der Waals surface area contributed by atoms with Crippen molar-refractivity contribution in [3.63, 3.8) is 0 Å². The SMILES string of the molecule is COc1cc(C=C2SC(=S)N(c3ccccc3O)C2=O)ccc1O. The topological polar surface area (TPSA) is 70.0 Å². The molecule has 1 aliphatic rings. The summed E-state index contributed by atoms with van der Waals surface area (Å²) < 4.78 is 5.41. The summed E-state index contributed by atoms with van der Waals surface area (Å²) >= 11 is 6.43. The Bertz CT molecular complexity index is 863. The lowest BCUT2D eigenvalue weighted by molar-refractivity contribution is -0.113. The molecule has 122 valence electrons. The number of aromatic hydroxyl groups is 2. The molecule has 5 nitrogen and oxygen atoms in total. The zero-order valence-electron chi connectivity index (χ0n) is 12.6. The van der Waals surface area contributed by atoms with Crippen molar-refractivity contribution in [3.05, 3.63) is 52.9 Å². The number of hydrogen-bond donors (Lipinski definition) is 2. The van der Waals surface area contributed by atoms with Crippen molar-refractivity contribution in [2.45, 2.75) is 0 Å². The number of ether oxygens (including phenoxy) is 1. The van der Waals surface area contributed by atoms with Crippen molar-refractivity contribution >= 4 is 46.0 Å². The van der Waals surface area contributed by atoms with Gasteiger partial charge in [0.25, 0.3) is 5.91 Å². The maximum Gasteiger partial charge on any atom is 0.270 e. The molecule has 1 heterocycles. The second-order valence-corrected chi connectivity index (χ2v) is 6.61. The number of carbonyl (C=O) groups excluding carboxylic acids is 1. The molecule has 0 radical (unpaired) electrons. The Morgan fingerprint density at radius 2 is 1.92 bits per heavy atom. The molecular weight excluding hydrogens is 346 g/mol. The standard InChI is InChI=1S/C17H13NO4S2/c1-22-14-8-10(6-7-13(14)20)9-15-16(21)18(17(23)24-15)11-4-2-3-5-12(11)19/h2-9,19-20H,1H3. The van der Waals surface area contributed by atoms with E-state index in [2.05, 4.69) is 0 Å². The van der Waals surface area contributed by atoms with Gasteiger partial charge in [-0.15, -0.1) is 0 Å². The van der Waals surface area contributed by atoms with Gasteiger partial charge in [0.05, 0.1) is 17.7 Å². The molecule has 1 aliphatic heterocycles. The Kier molecular flexibility index (Phi) is 4.46. The first kappa shape index (κ1) is 16.4. The van der Waals surface area contributed by atoms with Crippen LogP contribution in [0.25, 0.3) is 6.08 Å². The molecule has 7 heteroatoms. The minimum atomic E-state index is -0.307. The van der Waals surface area contributed by atoms with E-state index in [0.717, 1.165) is 11.8 Å². The number of benzene rings is 2. The summed E-state index contributed by atoms with van der Waals surface area (Å²) in [6.07, 6.45) is 1.67. The van der Waals surface area contributed by atoms with Gasteiger partial charge in [-0.1, -0.05) is 42.2 Å². The van der Waals surface area contributed by atoms with Gasteiger partial charge in [0.1, 0.15) is 5.75 Å². The van der Waals surface area contributed by atoms with Crippen LogP contribution in [-0.2, 0) is 4.79 Å². The molecule has 2 aromatic carbocycles. The first-order valence-corrected chi connectivity index (χ1v) is 8.16. The molecule has 0 atom stereocenters. The van der Waals surface area contributed by atoms with Crippen molar-refractivity contribution in [1.82, 2.24) is 0 Å². The fraction of sp³-hybridized carbons (Fsp3) is 0.0588. The lowest BCUT2D eigenvalue weighted by atomic mass is 10.2. The summed E-state index contributed by atoms with van der Waals surface area (Å²) in [6.45, 7) is 0. The number of phenols is 2. The number of thiocarbonyl (C=S) groups is 1. The molecule has 2 N–H and O–H groups in total. The second-order valence-electron chi connectivity index (χ2n) is 4.94. The van der Waals surface area contributed by atoms with Gasteiger partial charge in [0, 0.05) is 0 Å². The van der Waals surface area contributed by atoms with E-state index in [0.29, 0.717) is 26.2 Å². The lowest BCUT2D eigenvalue weighted by Gasteiger charge is -2.15. The van der Waals surface area contributed by atoms with Crippen molar-refractivity contribution < 1.29 is 19.7 Å². The van der Waals surface area contributed by atoms with Crippen LogP contribution >= 0.6 is 24.0 Å². The van der Waals surface area contributed by atoms with E-state index in [4.69, 9.17) is 17.0 Å². The van der Waals surface area contributed by atoms with E-state index in [1.807, 2.05) is 0 Å². The number of rotatable bonds is 3. The molecule has 0 saturated carbocycles. The molecular formula is C17H13NO4S2. The predicted octanol–water partition coefficient (Wildman–Crippen LogP) is 3.51. The van der Waals surface area contributed by atoms with E-state index < -0.39 is 0 Å². The van der Waals surface area contributed by atoms with Crippen LogP contribution in [0.15, 0.2) is 47.4 Å². The lowest BCUT2D eigenvalue weighted by Crippen LogP contribution is -2.27. The number of thioether (sulfide) groups is 1. The molecule has 0 bridgehead atoms. The average molecular weight is 359 g/mol. The maximum absolute atomic E-state index is 12.7. The van der Waals surface area contributed by atoms with Crippen LogP contribution in [-0.4, -0.2) is 27.6 Å². The number of carbonyl (C=O) groups is 1. The smallest absolute Gasteiger partial charge is 0.270 e. The summed E-state index contributed by atoms with van der Waals surface area (Å²) in [7, 11) is 1.45. The van der Waals surface area contributed by atoms with Gasteiger partial charge >= 0.3 is 0 Å². The number of para-hydroxylation sites is 2. The van der Waals surface area contributed by atoms with E-state index in [1.54, 1.807) is 36.4 Å². The molecule has 0 spiro atoms. The normalized spacial score (nSPS) is 16.0. The third-order valence-corrected chi connectivity index (χ3v) is 4.72. The summed E-state index contributed by atoms with van der Waals surface area (Å²) in [5.41, 5.74) is 1.05. The molecule has 24 heavy (non-hydrogen) atoms. The highest BCUT2D eigenvalue weighted by atomic mass is 32.2. The van der Waals surface area contributed by atoms with E-state index >= 15 is 0 Å². The van der Waals surface area contributed by atoms with Crippen molar-refractivity contribution in [1.29, 1.82) is 0 Å². The van der Waals surface area contributed by atoms with Gasteiger partial charge in [-0.05, 0) is 35.9 Å². The number of nitrogens with zero attached hydrogens (tertiary/aromatic N) is 1. The highest BCUT2D eigenvalue weighted by Crippen LogP contribution is 2.39. The first-order valence-electron chi connectivity index (χ1n) is 6.94. The van der Waals surface area contributed by atoms with Crippen molar-refractivity contribution in [3.8, 4) is 17.2 Å². The molecule has 1 fully saturated rings. The Balaban J connectivity index is 1.96. The molecule has 1 amide bonds. The minimum Gasteiger partial charge on any atom is -0.506 e. The summed E-state index contributed by atoms with van der Waals surface area (Å²) in [5.74, 6) is 0.0243. The van der Waals surface area contributed by atoms with Crippen LogP contribution < -0.4 is 9.64 Å². The molecule has 0 unspecified atom stereocenters. The number of anilines is 1. The van der Waals surface area contributed by atoms with Crippen LogP contribution in [0.4, 0.5) is 5.69 Å².